The van der Waals surface area contributed by atoms with Crippen molar-refractivity contribution in [1.82, 2.24) is 9.80 Å². The highest BCUT2D eigenvalue weighted by Gasteiger charge is 2.26. The van der Waals surface area contributed by atoms with E-state index in [1.165, 1.54) is 17.7 Å². The van der Waals surface area contributed by atoms with Gasteiger partial charge in [0.2, 0.25) is 6.79 Å². The van der Waals surface area contributed by atoms with Crippen LogP contribution in [0.5, 0.6) is 11.5 Å². The fourth-order valence-corrected chi connectivity index (χ4v) is 3.00. The summed E-state index contributed by atoms with van der Waals surface area (Å²) in [5.74, 6) is 1.00. The highest BCUT2D eigenvalue weighted by molar-refractivity contribution is 6.01. The van der Waals surface area contributed by atoms with Crippen molar-refractivity contribution in [3.05, 3.63) is 23.8 Å². The van der Waals surface area contributed by atoms with E-state index >= 15 is 0 Å². The minimum Gasteiger partial charge on any atom is -0.454 e. The van der Waals surface area contributed by atoms with E-state index in [1.54, 1.807) is 32.2 Å². The number of benzene rings is 1. The van der Waals surface area contributed by atoms with Crippen molar-refractivity contribution in [2.45, 2.75) is 25.8 Å². The molecule has 2 aliphatic heterocycles. The largest absolute Gasteiger partial charge is 0.454 e. The average Bonchev–Trinajstić information content (AvgIpc) is 3.30. The standard InChI is InChI=1S/C18H24N2O5/c1-13(17(21)14-5-6-15-16(11-14)25-12-24-15)19(2)18(22)23-10-9-20-7-3-4-8-20/h5-6,11,13H,3-4,7-10,12H2,1-2H3/t13-/m0/s1. The van der Waals surface area contributed by atoms with Crippen LogP contribution in [0.15, 0.2) is 18.2 Å². The number of nitrogens with zero attached hydrogens (tertiary/aromatic N) is 2. The van der Waals surface area contributed by atoms with Crippen LogP contribution in [0.4, 0.5) is 4.79 Å². The van der Waals surface area contributed by atoms with Gasteiger partial charge in [-0.15, -0.1) is 0 Å². The lowest BCUT2D eigenvalue weighted by Crippen LogP contribution is -2.41. The number of likely N-dealkylation sites (tertiary alicyclic amines) is 1. The summed E-state index contributed by atoms with van der Waals surface area (Å²) in [6.45, 7) is 5.05. The molecule has 25 heavy (non-hydrogen) atoms. The maximum atomic E-state index is 12.6. The number of rotatable bonds is 6. The molecule has 0 aromatic heterocycles. The highest BCUT2D eigenvalue weighted by Crippen LogP contribution is 2.33. The van der Waals surface area contributed by atoms with E-state index in [0.29, 0.717) is 23.7 Å². The molecule has 1 fully saturated rings. The van der Waals surface area contributed by atoms with E-state index in [9.17, 15) is 9.59 Å². The predicted molar refractivity (Wildman–Crippen MR) is 91.1 cm³/mol. The summed E-state index contributed by atoms with van der Waals surface area (Å²) in [6.07, 6.45) is 1.92. The molecule has 1 aromatic rings. The zero-order valence-electron chi connectivity index (χ0n) is 14.7. The van der Waals surface area contributed by atoms with E-state index < -0.39 is 12.1 Å². The van der Waals surface area contributed by atoms with Crippen LogP contribution in [-0.4, -0.2) is 67.8 Å². The van der Waals surface area contributed by atoms with Crippen molar-refractivity contribution in [2.75, 3.05) is 40.1 Å². The van der Waals surface area contributed by atoms with E-state index in [4.69, 9.17) is 14.2 Å². The molecule has 0 saturated carbocycles. The molecule has 7 nitrogen and oxygen atoms in total. The SMILES string of the molecule is C[C@@H](C(=O)c1ccc2c(c1)OCO2)N(C)C(=O)OCCN1CCCC1. The van der Waals surface area contributed by atoms with Gasteiger partial charge in [0.05, 0.1) is 6.04 Å². The normalized spacial score (nSPS) is 17.4. The third kappa shape index (κ3) is 4.04. The van der Waals surface area contributed by atoms with E-state index in [1.807, 2.05) is 0 Å². The lowest BCUT2D eigenvalue weighted by molar-refractivity contribution is 0.0734. The van der Waals surface area contributed by atoms with Crippen molar-refractivity contribution >= 4 is 11.9 Å². The molecule has 1 saturated heterocycles. The van der Waals surface area contributed by atoms with Crippen molar-refractivity contribution in [3.63, 3.8) is 0 Å². The van der Waals surface area contributed by atoms with Gasteiger partial charge in [0, 0.05) is 19.2 Å². The Morgan fingerprint density at radius 3 is 2.72 bits per heavy atom. The van der Waals surface area contributed by atoms with Gasteiger partial charge >= 0.3 is 6.09 Å². The maximum absolute atomic E-state index is 12.6. The molecule has 7 heteroatoms. The summed E-state index contributed by atoms with van der Waals surface area (Å²) >= 11 is 0. The molecule has 0 aliphatic carbocycles. The molecule has 2 heterocycles. The van der Waals surface area contributed by atoms with Crippen molar-refractivity contribution in [2.24, 2.45) is 0 Å². The van der Waals surface area contributed by atoms with Crippen molar-refractivity contribution in [3.8, 4) is 11.5 Å². The van der Waals surface area contributed by atoms with Gasteiger partial charge in [-0.3, -0.25) is 9.69 Å². The summed E-state index contributed by atoms with van der Waals surface area (Å²) in [6, 6.07) is 4.41. The Labute approximate surface area is 147 Å². The van der Waals surface area contributed by atoms with Crippen LogP contribution < -0.4 is 9.47 Å². The molecule has 3 rings (SSSR count). The lowest BCUT2D eigenvalue weighted by atomic mass is 10.0. The molecule has 1 aromatic carbocycles. The van der Waals surface area contributed by atoms with E-state index in [0.717, 1.165) is 19.6 Å². The number of Topliss-reactive ketones (excluding diaryl/α,β-unsaturated/α-hetero) is 1. The second-order valence-electron chi connectivity index (χ2n) is 6.38. The Hall–Kier alpha value is -2.28. The van der Waals surface area contributed by atoms with Gasteiger partial charge in [-0.05, 0) is 51.1 Å². The van der Waals surface area contributed by atoms with Crippen LogP contribution in [0.2, 0.25) is 0 Å². The van der Waals surface area contributed by atoms with Gasteiger partial charge in [0.25, 0.3) is 0 Å². The molecule has 1 amide bonds. The van der Waals surface area contributed by atoms with Crippen LogP contribution in [0.3, 0.4) is 0 Å². The summed E-state index contributed by atoms with van der Waals surface area (Å²) in [7, 11) is 1.58. The minimum atomic E-state index is -0.625. The van der Waals surface area contributed by atoms with Gasteiger partial charge in [-0.25, -0.2) is 4.79 Å². The number of ketones is 1. The Balaban J connectivity index is 1.52. The van der Waals surface area contributed by atoms with Crippen LogP contribution in [0.1, 0.15) is 30.1 Å². The first-order valence-corrected chi connectivity index (χ1v) is 8.62. The Morgan fingerprint density at radius 1 is 1.24 bits per heavy atom. The molecular formula is C18H24N2O5. The van der Waals surface area contributed by atoms with Crippen LogP contribution in [0, 0.1) is 0 Å². The summed E-state index contributed by atoms with van der Waals surface area (Å²) in [4.78, 5) is 28.4. The molecule has 0 spiro atoms. The summed E-state index contributed by atoms with van der Waals surface area (Å²) in [5, 5.41) is 0. The van der Waals surface area contributed by atoms with Gasteiger partial charge in [0.1, 0.15) is 6.61 Å². The zero-order chi connectivity index (χ0) is 17.8. The molecule has 0 unspecified atom stereocenters. The topological polar surface area (TPSA) is 68.3 Å². The maximum Gasteiger partial charge on any atom is 0.410 e. The average molecular weight is 348 g/mol. The monoisotopic (exact) mass is 348 g/mol. The van der Waals surface area contributed by atoms with Crippen LogP contribution in [-0.2, 0) is 4.74 Å². The third-order valence-corrected chi connectivity index (χ3v) is 4.74. The predicted octanol–water partition coefficient (Wildman–Crippen LogP) is 2.15. The Morgan fingerprint density at radius 2 is 1.96 bits per heavy atom. The number of hydrogen-bond acceptors (Lipinski definition) is 6. The lowest BCUT2D eigenvalue weighted by Gasteiger charge is -2.24. The van der Waals surface area contributed by atoms with Gasteiger partial charge in [0.15, 0.2) is 17.3 Å². The Kier molecular flexibility index (Phi) is 5.43. The zero-order valence-corrected chi connectivity index (χ0v) is 14.7. The van der Waals surface area contributed by atoms with Gasteiger partial charge in [-0.1, -0.05) is 0 Å². The van der Waals surface area contributed by atoms with Crippen molar-refractivity contribution < 1.29 is 23.8 Å². The first kappa shape index (κ1) is 17.5. The second kappa shape index (κ2) is 7.74. The number of carbonyl (C=O) groups is 2. The second-order valence-corrected chi connectivity index (χ2v) is 6.38. The molecular weight excluding hydrogens is 324 g/mol. The molecule has 0 N–H and O–H groups in total. The smallest absolute Gasteiger partial charge is 0.410 e. The van der Waals surface area contributed by atoms with Crippen LogP contribution >= 0.6 is 0 Å². The van der Waals surface area contributed by atoms with Crippen molar-refractivity contribution in [1.29, 1.82) is 0 Å². The van der Waals surface area contributed by atoms with Crippen LogP contribution in [0.25, 0.3) is 0 Å². The summed E-state index contributed by atoms with van der Waals surface area (Å²) < 4.78 is 15.8. The number of ether oxygens (including phenoxy) is 3. The quantitative estimate of drug-likeness (QED) is 0.734. The first-order chi connectivity index (χ1) is 12.1. The highest BCUT2D eigenvalue weighted by atomic mass is 16.7. The number of amides is 1. The first-order valence-electron chi connectivity index (χ1n) is 8.62. The fraction of sp³-hybridized carbons (Fsp3) is 0.556. The Bertz CT molecular complexity index is 642. The number of fused-ring (bicyclic) bond motifs is 1. The van der Waals surface area contributed by atoms with E-state index in [-0.39, 0.29) is 12.6 Å². The van der Waals surface area contributed by atoms with Gasteiger partial charge < -0.3 is 19.1 Å². The molecule has 2 aliphatic rings. The minimum absolute atomic E-state index is 0.159. The van der Waals surface area contributed by atoms with Gasteiger partial charge in [-0.2, -0.15) is 0 Å². The van der Waals surface area contributed by atoms with E-state index in [2.05, 4.69) is 4.90 Å². The fourth-order valence-electron chi connectivity index (χ4n) is 3.00. The molecule has 0 bridgehead atoms. The molecule has 0 radical (unpaired) electrons. The number of hydrogen-bond donors (Lipinski definition) is 0. The number of carbonyl (C=O) groups excluding carboxylic acids is 2. The molecule has 1 atom stereocenters. The third-order valence-electron chi connectivity index (χ3n) is 4.74. The number of likely N-dealkylation sites (N-methyl/N-ethyl adjacent to an activating group) is 1. The molecule has 136 valence electrons. The summed E-state index contributed by atoms with van der Waals surface area (Å²) in [5.41, 5.74) is 0.480.